The van der Waals surface area contributed by atoms with Crippen LogP contribution in [0.4, 0.5) is 15.8 Å². The molecule has 4 aromatic carbocycles. The topological polar surface area (TPSA) is 105 Å². The number of para-hydroxylation sites is 2. The van der Waals surface area contributed by atoms with E-state index in [1.807, 2.05) is 62.4 Å². The molecule has 1 amide bonds. The smallest absolute Gasteiger partial charge is 0.297 e. The van der Waals surface area contributed by atoms with Gasteiger partial charge in [-0.25, -0.2) is 14.4 Å². The lowest BCUT2D eigenvalue weighted by Crippen LogP contribution is -2.40. The zero-order valence-corrected chi connectivity index (χ0v) is 25.3. The van der Waals surface area contributed by atoms with Crippen molar-refractivity contribution >= 4 is 34.0 Å². The number of ketones is 1. The van der Waals surface area contributed by atoms with E-state index in [4.69, 9.17) is 4.74 Å². The van der Waals surface area contributed by atoms with Crippen LogP contribution in [0.25, 0.3) is 10.9 Å². The average molecular weight is 615 g/mol. The number of nitrogens with one attached hydrogen (secondary N) is 1. The van der Waals surface area contributed by atoms with Crippen LogP contribution in [-0.2, 0) is 11.4 Å². The number of benzene rings is 4. The van der Waals surface area contributed by atoms with Gasteiger partial charge in [0.2, 0.25) is 5.82 Å². The van der Waals surface area contributed by atoms with E-state index in [-0.39, 0.29) is 52.9 Å². The maximum absolute atomic E-state index is 16.4. The first-order chi connectivity index (χ1) is 22.2. The number of rotatable bonds is 5. The summed E-state index contributed by atoms with van der Waals surface area (Å²) in [5, 5.41) is 15.1. The number of ether oxygens (including phenoxy) is 1. The van der Waals surface area contributed by atoms with E-state index in [1.165, 1.54) is 17.0 Å². The predicted molar refractivity (Wildman–Crippen MR) is 173 cm³/mol. The number of halogens is 1. The molecule has 1 aliphatic heterocycles. The van der Waals surface area contributed by atoms with Crippen molar-refractivity contribution in [1.29, 1.82) is 0 Å². The van der Waals surface area contributed by atoms with Crippen LogP contribution in [0.15, 0.2) is 108 Å². The molecule has 9 heteroatoms. The van der Waals surface area contributed by atoms with Gasteiger partial charge in [0, 0.05) is 40.9 Å². The van der Waals surface area contributed by atoms with Crippen molar-refractivity contribution in [2.24, 2.45) is 5.41 Å². The lowest BCUT2D eigenvalue weighted by molar-refractivity contribution is -0.118. The van der Waals surface area contributed by atoms with Crippen LogP contribution in [0.2, 0.25) is 0 Å². The number of fused-ring (bicyclic) bond motifs is 2. The van der Waals surface area contributed by atoms with Crippen LogP contribution >= 0.6 is 0 Å². The van der Waals surface area contributed by atoms with Crippen LogP contribution < -0.4 is 15.0 Å². The molecule has 0 radical (unpaired) electrons. The highest BCUT2D eigenvalue weighted by Gasteiger charge is 2.45. The number of phenolic OH excluding ortho intramolecular Hbond substituents is 1. The highest BCUT2D eigenvalue weighted by atomic mass is 19.1. The molecule has 2 N–H and O–H groups in total. The van der Waals surface area contributed by atoms with E-state index in [1.54, 1.807) is 36.5 Å². The number of allylic oxidation sites excluding steroid dienone is 1. The molecule has 2 aliphatic rings. The van der Waals surface area contributed by atoms with Crippen LogP contribution in [0.3, 0.4) is 0 Å². The van der Waals surface area contributed by atoms with E-state index < -0.39 is 23.2 Å². The molecule has 7 rings (SSSR count). The minimum Gasteiger partial charge on any atom is -0.506 e. The molecule has 230 valence electrons. The fourth-order valence-corrected chi connectivity index (χ4v) is 6.30. The van der Waals surface area contributed by atoms with Gasteiger partial charge in [0.05, 0.1) is 17.2 Å². The zero-order valence-electron chi connectivity index (χ0n) is 25.3. The van der Waals surface area contributed by atoms with Gasteiger partial charge in [-0.15, -0.1) is 0 Å². The third-order valence-electron chi connectivity index (χ3n) is 8.42. The second-order valence-corrected chi connectivity index (χ2v) is 12.4. The van der Waals surface area contributed by atoms with Crippen molar-refractivity contribution in [1.82, 2.24) is 9.97 Å². The SMILES string of the molecule is CC1(C)CC(=O)C2=C(C1)Nc1c(O)cccc1N(C(=O)c1ncc3ccccc3n1)C2c1ccc(OCc2ccccc2)cc1F. The van der Waals surface area contributed by atoms with E-state index >= 15 is 4.39 Å². The Morgan fingerprint density at radius 3 is 2.61 bits per heavy atom. The van der Waals surface area contributed by atoms with Gasteiger partial charge in [-0.3, -0.25) is 14.5 Å². The molecule has 0 fully saturated rings. The number of anilines is 2. The van der Waals surface area contributed by atoms with Crippen molar-refractivity contribution in [3.05, 3.63) is 131 Å². The van der Waals surface area contributed by atoms with Crippen molar-refractivity contribution in [3.8, 4) is 11.5 Å². The zero-order chi connectivity index (χ0) is 32.0. The molecule has 1 atom stereocenters. The monoisotopic (exact) mass is 614 g/mol. The minimum absolute atomic E-state index is 0.0970. The third kappa shape index (κ3) is 5.34. The van der Waals surface area contributed by atoms with Gasteiger partial charge in [-0.1, -0.05) is 68.4 Å². The molecule has 1 aromatic heterocycles. The molecule has 0 saturated carbocycles. The van der Waals surface area contributed by atoms with Gasteiger partial charge >= 0.3 is 0 Å². The number of nitrogens with zero attached hydrogens (tertiary/aromatic N) is 3. The normalized spacial score (nSPS) is 17.2. The number of hydrogen-bond acceptors (Lipinski definition) is 7. The summed E-state index contributed by atoms with van der Waals surface area (Å²) in [6, 6.07) is 24.8. The van der Waals surface area contributed by atoms with Gasteiger partial charge in [0.15, 0.2) is 5.78 Å². The maximum atomic E-state index is 16.4. The summed E-state index contributed by atoms with van der Waals surface area (Å²) in [6.07, 6.45) is 2.19. The van der Waals surface area contributed by atoms with Gasteiger partial charge < -0.3 is 15.2 Å². The first-order valence-electron chi connectivity index (χ1n) is 15.1. The lowest BCUT2D eigenvalue weighted by atomic mass is 9.73. The first kappa shape index (κ1) is 29.2. The Bertz CT molecular complexity index is 2040. The Morgan fingerprint density at radius 1 is 1.02 bits per heavy atom. The summed E-state index contributed by atoms with van der Waals surface area (Å²) in [7, 11) is 0. The molecular formula is C37H31FN4O4. The Kier molecular flexibility index (Phi) is 7.23. The molecule has 0 spiro atoms. The summed E-state index contributed by atoms with van der Waals surface area (Å²) < 4.78 is 22.3. The van der Waals surface area contributed by atoms with Gasteiger partial charge in [-0.05, 0) is 47.7 Å². The number of phenols is 1. The van der Waals surface area contributed by atoms with E-state index in [0.717, 1.165) is 10.9 Å². The predicted octanol–water partition coefficient (Wildman–Crippen LogP) is 7.51. The number of aromatic nitrogens is 2. The molecule has 0 bridgehead atoms. The van der Waals surface area contributed by atoms with Crippen LogP contribution in [-0.4, -0.2) is 26.8 Å². The Hall–Kier alpha value is -5.57. The van der Waals surface area contributed by atoms with Crippen molar-refractivity contribution in [2.75, 3.05) is 10.2 Å². The minimum atomic E-state index is -1.19. The van der Waals surface area contributed by atoms with Gasteiger partial charge in [-0.2, -0.15) is 0 Å². The standard InChI is InChI=1S/C37H31FN4O4/c1-37(2)18-28-32(31(44)19-37)34(25-16-15-24(17-26(25)38)46-21-22-9-4-3-5-10-22)42(29-13-8-14-30(43)33(29)40-28)36(45)35-39-20-23-11-6-7-12-27(23)41-35/h3-17,20,34,40,43H,18-19,21H2,1-2H3. The average Bonchev–Trinajstić information content (AvgIpc) is 3.18. The largest absolute Gasteiger partial charge is 0.506 e. The molecule has 0 saturated heterocycles. The van der Waals surface area contributed by atoms with E-state index in [2.05, 4.69) is 15.3 Å². The number of Topliss-reactive ketones (excluding diaryl/α,β-unsaturated/α-hetero) is 1. The summed E-state index contributed by atoms with van der Waals surface area (Å²) >= 11 is 0. The van der Waals surface area contributed by atoms with Crippen molar-refractivity contribution in [3.63, 3.8) is 0 Å². The van der Waals surface area contributed by atoms with Crippen LogP contribution in [0, 0.1) is 11.2 Å². The van der Waals surface area contributed by atoms with Gasteiger partial charge in [0.1, 0.15) is 29.6 Å². The Balaban J connectivity index is 1.40. The molecule has 1 unspecified atom stereocenters. The quantitative estimate of drug-likeness (QED) is 0.198. The second-order valence-electron chi connectivity index (χ2n) is 12.4. The molecule has 8 nitrogen and oxygen atoms in total. The van der Waals surface area contributed by atoms with Crippen molar-refractivity contribution in [2.45, 2.75) is 39.3 Å². The van der Waals surface area contributed by atoms with Crippen molar-refractivity contribution < 1.29 is 23.8 Å². The van der Waals surface area contributed by atoms with E-state index in [0.29, 0.717) is 23.4 Å². The Labute approximate surface area is 265 Å². The molecule has 1 aliphatic carbocycles. The Morgan fingerprint density at radius 2 is 1.80 bits per heavy atom. The fourth-order valence-electron chi connectivity index (χ4n) is 6.30. The number of carbonyl (C=O) groups is 2. The first-order valence-corrected chi connectivity index (χ1v) is 15.1. The van der Waals surface area contributed by atoms with E-state index in [9.17, 15) is 14.7 Å². The number of amides is 1. The van der Waals surface area contributed by atoms with Gasteiger partial charge in [0.25, 0.3) is 5.91 Å². The summed E-state index contributed by atoms with van der Waals surface area (Å²) in [5.74, 6) is -1.48. The second kappa shape index (κ2) is 11.4. The number of aromatic hydroxyl groups is 1. The highest BCUT2D eigenvalue weighted by Crippen LogP contribution is 2.51. The van der Waals surface area contributed by atoms with Crippen LogP contribution in [0.1, 0.15) is 54.5 Å². The lowest BCUT2D eigenvalue weighted by Gasteiger charge is -2.37. The van der Waals surface area contributed by atoms with Crippen LogP contribution in [0.5, 0.6) is 11.5 Å². The molecule has 46 heavy (non-hydrogen) atoms. The molecule has 5 aromatic rings. The summed E-state index contributed by atoms with van der Waals surface area (Å²) in [5.41, 5.74) is 2.44. The molecular weight excluding hydrogens is 583 g/mol. The summed E-state index contributed by atoms with van der Waals surface area (Å²) in [6.45, 7) is 4.20. The third-order valence-corrected chi connectivity index (χ3v) is 8.42. The maximum Gasteiger partial charge on any atom is 0.297 e. The summed E-state index contributed by atoms with van der Waals surface area (Å²) in [4.78, 5) is 38.9. The fraction of sp³-hybridized carbons (Fsp3) is 0.189. The molecule has 2 heterocycles. The highest BCUT2D eigenvalue weighted by molar-refractivity contribution is 6.11. The number of carbonyl (C=O) groups excluding carboxylic acids is 2. The number of hydrogen-bond donors (Lipinski definition) is 2.